The summed E-state index contributed by atoms with van der Waals surface area (Å²) in [7, 11) is 1.39. The molecule has 0 radical (unpaired) electrons. The van der Waals surface area contributed by atoms with Gasteiger partial charge in [0.05, 0.1) is 19.3 Å². The van der Waals surface area contributed by atoms with Crippen molar-refractivity contribution in [2.45, 2.75) is 97.2 Å². The van der Waals surface area contributed by atoms with Crippen molar-refractivity contribution in [1.82, 2.24) is 0 Å². The number of aliphatic hydroxyl groups is 2. The Balaban J connectivity index is 2.56. The Kier molecular flexibility index (Phi) is 11.0. The van der Waals surface area contributed by atoms with Crippen molar-refractivity contribution in [3.63, 3.8) is 0 Å². The van der Waals surface area contributed by atoms with Crippen LogP contribution in [0.5, 0.6) is 0 Å². The standard InChI is InChI=1S/C23H40O5/c1-5-6-9-12-17(24)15-16-19-18(21(26)23(2,3)22(19)27)13-10-7-8-11-14-20(25)28-4/h7,10,17-19,22,24,27H,5-6,8-9,11-16H2,1-4H3/t17-,18+,19+,22-/m0/s1. The molecule has 0 spiro atoms. The summed E-state index contributed by atoms with van der Waals surface area (Å²) in [6.07, 6.45) is 10.8. The minimum Gasteiger partial charge on any atom is -0.469 e. The van der Waals surface area contributed by atoms with Crippen LogP contribution in [0.1, 0.15) is 85.0 Å². The number of ketones is 1. The number of allylic oxidation sites excluding steroid dienone is 2. The smallest absolute Gasteiger partial charge is 0.305 e. The topological polar surface area (TPSA) is 83.8 Å². The molecule has 2 N–H and O–H groups in total. The molecule has 1 aliphatic carbocycles. The second-order valence-corrected chi connectivity index (χ2v) is 8.70. The van der Waals surface area contributed by atoms with Crippen molar-refractivity contribution in [3.8, 4) is 0 Å². The molecule has 1 fully saturated rings. The molecule has 4 atom stereocenters. The summed E-state index contributed by atoms with van der Waals surface area (Å²) in [5, 5.41) is 21.0. The van der Waals surface area contributed by atoms with Gasteiger partial charge in [0.2, 0.25) is 0 Å². The maximum Gasteiger partial charge on any atom is 0.305 e. The van der Waals surface area contributed by atoms with E-state index in [1.54, 1.807) is 0 Å². The molecule has 1 saturated carbocycles. The average Bonchev–Trinajstić information content (AvgIpc) is 2.82. The van der Waals surface area contributed by atoms with E-state index in [4.69, 9.17) is 0 Å². The second-order valence-electron chi connectivity index (χ2n) is 8.70. The minimum absolute atomic E-state index is 0.108. The van der Waals surface area contributed by atoms with Gasteiger partial charge in [-0.05, 0) is 44.4 Å². The molecule has 0 heterocycles. The van der Waals surface area contributed by atoms with Crippen LogP contribution in [0.15, 0.2) is 12.2 Å². The summed E-state index contributed by atoms with van der Waals surface area (Å²) in [5.74, 6) is -0.403. The predicted molar refractivity (Wildman–Crippen MR) is 111 cm³/mol. The first-order chi connectivity index (χ1) is 13.3. The maximum absolute atomic E-state index is 12.8. The molecule has 0 aromatic rings. The van der Waals surface area contributed by atoms with E-state index < -0.39 is 11.5 Å². The molecule has 5 nitrogen and oxygen atoms in total. The molecule has 28 heavy (non-hydrogen) atoms. The zero-order valence-electron chi connectivity index (χ0n) is 18.2. The van der Waals surface area contributed by atoms with Crippen LogP contribution in [-0.2, 0) is 14.3 Å². The molecule has 0 unspecified atom stereocenters. The first kappa shape index (κ1) is 24.8. The molecular formula is C23H40O5. The molecule has 1 aliphatic rings. The fraction of sp³-hybridized carbons (Fsp3) is 0.826. The highest BCUT2D eigenvalue weighted by Crippen LogP contribution is 2.46. The highest BCUT2D eigenvalue weighted by atomic mass is 16.5. The number of ether oxygens (including phenoxy) is 1. The Hall–Kier alpha value is -1.20. The maximum atomic E-state index is 12.8. The monoisotopic (exact) mass is 396 g/mol. The van der Waals surface area contributed by atoms with Gasteiger partial charge in [0.15, 0.2) is 0 Å². The molecule has 0 bridgehead atoms. The molecule has 0 amide bonds. The van der Waals surface area contributed by atoms with E-state index in [1.807, 2.05) is 26.0 Å². The van der Waals surface area contributed by atoms with Gasteiger partial charge in [-0.15, -0.1) is 0 Å². The molecule has 162 valence electrons. The van der Waals surface area contributed by atoms with E-state index in [0.29, 0.717) is 25.7 Å². The third-order valence-electron chi connectivity index (χ3n) is 6.14. The highest BCUT2D eigenvalue weighted by Gasteiger charge is 2.53. The largest absolute Gasteiger partial charge is 0.469 e. The number of Topliss-reactive ketones (excluding diaryl/α,β-unsaturated/α-hetero) is 1. The number of carbonyl (C=O) groups excluding carboxylic acids is 2. The van der Waals surface area contributed by atoms with Crippen molar-refractivity contribution < 1.29 is 24.5 Å². The van der Waals surface area contributed by atoms with Gasteiger partial charge in [-0.3, -0.25) is 9.59 Å². The molecule has 0 aromatic heterocycles. The number of unbranched alkanes of at least 4 members (excludes halogenated alkanes) is 3. The van der Waals surface area contributed by atoms with Gasteiger partial charge < -0.3 is 14.9 Å². The Morgan fingerprint density at radius 3 is 2.57 bits per heavy atom. The number of esters is 1. The fourth-order valence-electron chi connectivity index (χ4n) is 4.20. The number of carbonyl (C=O) groups is 2. The number of hydrogen-bond acceptors (Lipinski definition) is 5. The lowest BCUT2D eigenvalue weighted by molar-refractivity contribution is -0.140. The summed E-state index contributed by atoms with van der Waals surface area (Å²) >= 11 is 0. The first-order valence-corrected chi connectivity index (χ1v) is 10.9. The van der Waals surface area contributed by atoms with E-state index in [-0.39, 0.29) is 29.7 Å². The van der Waals surface area contributed by atoms with Gasteiger partial charge in [-0.25, -0.2) is 0 Å². The lowest BCUT2D eigenvalue weighted by atomic mass is 9.85. The normalized spacial score (nSPS) is 25.4. The molecule has 0 saturated heterocycles. The molecular weight excluding hydrogens is 356 g/mol. The lowest BCUT2D eigenvalue weighted by Crippen LogP contribution is -2.32. The Bertz CT molecular complexity index is 511. The predicted octanol–water partition coefficient (Wildman–Crippen LogP) is 4.20. The van der Waals surface area contributed by atoms with Crippen LogP contribution in [0.3, 0.4) is 0 Å². The third-order valence-corrected chi connectivity index (χ3v) is 6.14. The summed E-state index contributed by atoms with van der Waals surface area (Å²) in [6, 6.07) is 0. The molecule has 0 aromatic carbocycles. The van der Waals surface area contributed by atoms with Gasteiger partial charge in [-0.2, -0.15) is 0 Å². The van der Waals surface area contributed by atoms with Crippen molar-refractivity contribution in [3.05, 3.63) is 12.2 Å². The van der Waals surface area contributed by atoms with Crippen LogP contribution in [0.2, 0.25) is 0 Å². The van der Waals surface area contributed by atoms with E-state index in [1.165, 1.54) is 7.11 Å². The summed E-state index contributed by atoms with van der Waals surface area (Å²) in [6.45, 7) is 5.79. The number of hydrogen-bond donors (Lipinski definition) is 2. The highest BCUT2D eigenvalue weighted by molar-refractivity contribution is 5.90. The number of rotatable bonds is 13. The zero-order chi connectivity index (χ0) is 21.2. The summed E-state index contributed by atoms with van der Waals surface area (Å²) in [4.78, 5) is 24.0. The average molecular weight is 397 g/mol. The van der Waals surface area contributed by atoms with E-state index in [9.17, 15) is 19.8 Å². The van der Waals surface area contributed by atoms with Crippen molar-refractivity contribution >= 4 is 11.8 Å². The Morgan fingerprint density at radius 2 is 1.93 bits per heavy atom. The van der Waals surface area contributed by atoms with Crippen molar-refractivity contribution in [1.29, 1.82) is 0 Å². The van der Waals surface area contributed by atoms with Gasteiger partial charge in [0.25, 0.3) is 0 Å². The van der Waals surface area contributed by atoms with Gasteiger partial charge in [0.1, 0.15) is 5.78 Å². The van der Waals surface area contributed by atoms with Crippen molar-refractivity contribution in [2.75, 3.05) is 7.11 Å². The van der Waals surface area contributed by atoms with Crippen LogP contribution in [0.4, 0.5) is 0 Å². The minimum atomic E-state index is -0.735. The SMILES string of the molecule is CCCCC[C@H](O)CC[C@@H]1[C@@H](CC=CCCCC(=O)OC)C(=O)C(C)(C)[C@H]1O. The van der Waals surface area contributed by atoms with Crippen LogP contribution >= 0.6 is 0 Å². The van der Waals surface area contributed by atoms with Crippen LogP contribution in [0, 0.1) is 17.3 Å². The van der Waals surface area contributed by atoms with Gasteiger partial charge >= 0.3 is 5.97 Å². The Morgan fingerprint density at radius 1 is 1.21 bits per heavy atom. The number of aliphatic hydroxyl groups excluding tert-OH is 2. The second kappa shape index (κ2) is 12.4. The first-order valence-electron chi connectivity index (χ1n) is 10.9. The van der Waals surface area contributed by atoms with E-state index >= 15 is 0 Å². The molecule has 5 heteroatoms. The van der Waals surface area contributed by atoms with E-state index in [0.717, 1.165) is 38.5 Å². The van der Waals surface area contributed by atoms with Gasteiger partial charge in [0, 0.05) is 17.8 Å². The van der Waals surface area contributed by atoms with Crippen LogP contribution in [-0.4, -0.2) is 41.3 Å². The van der Waals surface area contributed by atoms with Crippen molar-refractivity contribution in [2.24, 2.45) is 17.3 Å². The third kappa shape index (κ3) is 7.32. The van der Waals surface area contributed by atoms with E-state index in [2.05, 4.69) is 11.7 Å². The molecule has 0 aliphatic heterocycles. The van der Waals surface area contributed by atoms with Gasteiger partial charge in [-0.1, -0.05) is 52.2 Å². The summed E-state index contributed by atoms with van der Waals surface area (Å²) < 4.78 is 4.62. The summed E-state index contributed by atoms with van der Waals surface area (Å²) in [5.41, 5.74) is -0.735. The quantitative estimate of drug-likeness (QED) is 0.277. The molecule has 1 rings (SSSR count). The Labute approximate surface area is 170 Å². The van der Waals surface area contributed by atoms with Crippen LogP contribution in [0.25, 0.3) is 0 Å². The zero-order valence-corrected chi connectivity index (χ0v) is 18.2. The van der Waals surface area contributed by atoms with Crippen LogP contribution < -0.4 is 0 Å². The lowest BCUT2D eigenvalue weighted by Gasteiger charge is -2.25. The number of methoxy groups -OCH3 is 1. The fourth-order valence-corrected chi connectivity index (χ4v) is 4.20.